The van der Waals surface area contributed by atoms with Gasteiger partial charge in [-0.2, -0.15) is 5.26 Å². The third kappa shape index (κ3) is 3.29. The van der Waals surface area contributed by atoms with Crippen LogP contribution < -0.4 is 4.90 Å². The Morgan fingerprint density at radius 2 is 2.15 bits per heavy atom. The summed E-state index contributed by atoms with van der Waals surface area (Å²) < 4.78 is 5.42. The summed E-state index contributed by atoms with van der Waals surface area (Å²) in [7, 11) is 0. The van der Waals surface area contributed by atoms with E-state index >= 15 is 0 Å². The number of anilines is 1. The maximum absolute atomic E-state index is 9.39. The van der Waals surface area contributed by atoms with Crippen LogP contribution in [0, 0.1) is 11.3 Å². The standard InChI is InChI=1S/C16H23N3O/c1-3-19(9-10-20-4-2)16-14(12-17)11-13-7-5-6-8-15(13)18-16/h11H,3-10H2,1-2H3. The van der Waals surface area contributed by atoms with Crippen molar-refractivity contribution in [3.63, 3.8) is 0 Å². The van der Waals surface area contributed by atoms with Gasteiger partial charge in [-0.3, -0.25) is 0 Å². The van der Waals surface area contributed by atoms with Crippen molar-refractivity contribution in [1.82, 2.24) is 4.98 Å². The second kappa shape index (κ2) is 7.25. The van der Waals surface area contributed by atoms with E-state index in [1.807, 2.05) is 13.0 Å². The van der Waals surface area contributed by atoms with Crippen molar-refractivity contribution in [3.8, 4) is 6.07 Å². The summed E-state index contributed by atoms with van der Waals surface area (Å²) in [4.78, 5) is 6.92. The Labute approximate surface area is 121 Å². The molecule has 2 rings (SSSR count). The fraction of sp³-hybridized carbons (Fsp3) is 0.625. The average molecular weight is 273 g/mol. The van der Waals surface area contributed by atoms with Crippen LogP contribution in [-0.4, -0.2) is 31.3 Å². The molecule has 0 N–H and O–H groups in total. The van der Waals surface area contributed by atoms with E-state index in [0.717, 1.165) is 38.4 Å². The van der Waals surface area contributed by atoms with Crippen molar-refractivity contribution in [2.75, 3.05) is 31.2 Å². The van der Waals surface area contributed by atoms with Gasteiger partial charge in [0.2, 0.25) is 0 Å². The van der Waals surface area contributed by atoms with Crippen molar-refractivity contribution in [2.45, 2.75) is 39.5 Å². The second-order valence-electron chi connectivity index (χ2n) is 5.06. The molecule has 0 fully saturated rings. The van der Waals surface area contributed by atoms with Crippen LogP contribution in [0.3, 0.4) is 0 Å². The number of nitriles is 1. The molecule has 0 aromatic carbocycles. The number of ether oxygens (including phenoxy) is 1. The molecule has 20 heavy (non-hydrogen) atoms. The molecule has 1 aliphatic rings. The van der Waals surface area contributed by atoms with Crippen LogP contribution >= 0.6 is 0 Å². The highest BCUT2D eigenvalue weighted by Gasteiger charge is 2.18. The lowest BCUT2D eigenvalue weighted by atomic mass is 9.95. The van der Waals surface area contributed by atoms with Gasteiger partial charge in [0.15, 0.2) is 0 Å². The highest BCUT2D eigenvalue weighted by Crippen LogP contribution is 2.26. The summed E-state index contributed by atoms with van der Waals surface area (Å²) in [6.07, 6.45) is 4.51. The van der Waals surface area contributed by atoms with Crippen LogP contribution in [0.1, 0.15) is 43.5 Å². The summed E-state index contributed by atoms with van der Waals surface area (Å²) >= 11 is 0. The van der Waals surface area contributed by atoms with E-state index in [1.54, 1.807) is 0 Å². The molecule has 0 bridgehead atoms. The Morgan fingerprint density at radius 1 is 1.35 bits per heavy atom. The second-order valence-corrected chi connectivity index (χ2v) is 5.06. The van der Waals surface area contributed by atoms with E-state index in [2.05, 4.69) is 17.9 Å². The minimum Gasteiger partial charge on any atom is -0.380 e. The van der Waals surface area contributed by atoms with Crippen molar-refractivity contribution in [2.24, 2.45) is 0 Å². The van der Waals surface area contributed by atoms with Gasteiger partial charge >= 0.3 is 0 Å². The Balaban J connectivity index is 2.26. The molecular weight excluding hydrogens is 250 g/mol. The van der Waals surface area contributed by atoms with Gasteiger partial charge in [0.1, 0.15) is 11.9 Å². The van der Waals surface area contributed by atoms with E-state index in [1.165, 1.54) is 24.1 Å². The first-order valence-corrected chi connectivity index (χ1v) is 7.55. The van der Waals surface area contributed by atoms with Gasteiger partial charge in [-0.05, 0) is 51.2 Å². The molecule has 1 aromatic heterocycles. The van der Waals surface area contributed by atoms with Crippen molar-refractivity contribution in [1.29, 1.82) is 5.26 Å². The summed E-state index contributed by atoms with van der Waals surface area (Å²) in [6.45, 7) is 7.11. The van der Waals surface area contributed by atoms with Gasteiger partial charge in [0.05, 0.1) is 12.2 Å². The zero-order valence-corrected chi connectivity index (χ0v) is 12.5. The SMILES string of the molecule is CCOCCN(CC)c1nc2c(cc1C#N)CCCC2. The number of hydrogen-bond acceptors (Lipinski definition) is 4. The van der Waals surface area contributed by atoms with Gasteiger partial charge in [-0.15, -0.1) is 0 Å². The summed E-state index contributed by atoms with van der Waals surface area (Å²) in [6, 6.07) is 4.35. The third-order valence-corrected chi connectivity index (χ3v) is 3.79. The number of aromatic nitrogens is 1. The normalized spacial score (nSPS) is 13.7. The fourth-order valence-electron chi connectivity index (χ4n) is 2.68. The lowest BCUT2D eigenvalue weighted by Crippen LogP contribution is -2.29. The zero-order valence-electron chi connectivity index (χ0n) is 12.5. The van der Waals surface area contributed by atoms with Crippen LogP contribution in [0.2, 0.25) is 0 Å². The number of rotatable bonds is 6. The van der Waals surface area contributed by atoms with Crippen molar-refractivity contribution < 1.29 is 4.74 Å². The minimum absolute atomic E-state index is 0.675. The van der Waals surface area contributed by atoms with Gasteiger partial charge < -0.3 is 9.64 Å². The fourth-order valence-corrected chi connectivity index (χ4v) is 2.68. The molecular formula is C16H23N3O. The number of aryl methyl sites for hydroxylation is 2. The number of fused-ring (bicyclic) bond motifs is 1. The van der Waals surface area contributed by atoms with Crippen LogP contribution in [0.4, 0.5) is 5.82 Å². The zero-order chi connectivity index (χ0) is 14.4. The quantitative estimate of drug-likeness (QED) is 0.748. The highest BCUT2D eigenvalue weighted by molar-refractivity contribution is 5.56. The third-order valence-electron chi connectivity index (χ3n) is 3.79. The molecule has 0 amide bonds. The van der Waals surface area contributed by atoms with Gasteiger partial charge in [-0.1, -0.05) is 0 Å². The van der Waals surface area contributed by atoms with Crippen LogP contribution in [0.5, 0.6) is 0 Å². The van der Waals surface area contributed by atoms with Crippen LogP contribution in [0.25, 0.3) is 0 Å². The first kappa shape index (κ1) is 14.8. The molecule has 0 saturated carbocycles. The topological polar surface area (TPSA) is 49.1 Å². The van der Waals surface area contributed by atoms with Crippen molar-refractivity contribution >= 4 is 5.82 Å². The van der Waals surface area contributed by atoms with Gasteiger partial charge in [0, 0.05) is 25.4 Å². The van der Waals surface area contributed by atoms with Gasteiger partial charge in [0.25, 0.3) is 0 Å². The molecule has 1 heterocycles. The van der Waals surface area contributed by atoms with Gasteiger partial charge in [-0.25, -0.2) is 4.98 Å². The van der Waals surface area contributed by atoms with Crippen LogP contribution in [-0.2, 0) is 17.6 Å². The first-order valence-electron chi connectivity index (χ1n) is 7.55. The molecule has 4 nitrogen and oxygen atoms in total. The number of pyridine rings is 1. The molecule has 0 aliphatic heterocycles. The molecule has 0 atom stereocenters. The maximum atomic E-state index is 9.39. The summed E-state index contributed by atoms with van der Waals surface area (Å²) in [5.41, 5.74) is 3.14. The number of likely N-dealkylation sites (N-methyl/N-ethyl adjacent to an activating group) is 1. The molecule has 0 radical (unpaired) electrons. The van der Waals surface area contributed by atoms with E-state index in [0.29, 0.717) is 12.2 Å². The molecule has 0 saturated heterocycles. The molecule has 108 valence electrons. The number of nitrogens with zero attached hydrogens (tertiary/aromatic N) is 3. The monoisotopic (exact) mass is 273 g/mol. The summed E-state index contributed by atoms with van der Waals surface area (Å²) in [5.74, 6) is 0.829. The predicted molar refractivity (Wildman–Crippen MR) is 80.0 cm³/mol. The van der Waals surface area contributed by atoms with E-state index < -0.39 is 0 Å². The Morgan fingerprint density at radius 3 is 2.85 bits per heavy atom. The highest BCUT2D eigenvalue weighted by atomic mass is 16.5. The van der Waals surface area contributed by atoms with E-state index in [9.17, 15) is 5.26 Å². The largest absolute Gasteiger partial charge is 0.380 e. The lowest BCUT2D eigenvalue weighted by molar-refractivity contribution is 0.154. The van der Waals surface area contributed by atoms with Crippen LogP contribution in [0.15, 0.2) is 6.07 Å². The first-order chi connectivity index (χ1) is 9.80. The summed E-state index contributed by atoms with van der Waals surface area (Å²) in [5, 5.41) is 9.39. The average Bonchev–Trinajstić information content (AvgIpc) is 2.50. The molecule has 0 spiro atoms. The predicted octanol–water partition coefficient (Wildman–Crippen LogP) is 2.69. The Kier molecular flexibility index (Phi) is 5.37. The molecule has 4 heteroatoms. The maximum Gasteiger partial charge on any atom is 0.146 e. The van der Waals surface area contributed by atoms with Crippen molar-refractivity contribution in [3.05, 3.63) is 22.9 Å². The molecule has 0 unspecified atom stereocenters. The molecule has 1 aromatic rings. The Bertz CT molecular complexity index is 493. The number of hydrogen-bond donors (Lipinski definition) is 0. The minimum atomic E-state index is 0.675. The molecule has 1 aliphatic carbocycles. The smallest absolute Gasteiger partial charge is 0.146 e. The Hall–Kier alpha value is -1.60. The lowest BCUT2D eigenvalue weighted by Gasteiger charge is -2.25. The van der Waals surface area contributed by atoms with E-state index in [-0.39, 0.29) is 0 Å². The van der Waals surface area contributed by atoms with E-state index in [4.69, 9.17) is 9.72 Å².